The van der Waals surface area contributed by atoms with Crippen LogP contribution in [-0.4, -0.2) is 128 Å². The first kappa shape index (κ1) is 49.7. The molecule has 1 atom stereocenters. The summed E-state index contributed by atoms with van der Waals surface area (Å²) in [5.74, 6) is -2.15. The summed E-state index contributed by atoms with van der Waals surface area (Å²) in [5.41, 5.74) is -1.10. The van der Waals surface area contributed by atoms with E-state index in [1.165, 1.54) is 49.4 Å². The summed E-state index contributed by atoms with van der Waals surface area (Å²) in [6.45, 7) is 1.49. The minimum absolute atomic E-state index is 0. The van der Waals surface area contributed by atoms with E-state index in [0.29, 0.717) is 0 Å². The number of nitrogens with zero attached hydrogens (tertiary/aromatic N) is 8. The van der Waals surface area contributed by atoms with Crippen molar-refractivity contribution >= 4 is 159 Å². The number of non-ortho nitro benzene ring substituents is 2. The maximum Gasteiger partial charge on any atom is 0.295 e. The van der Waals surface area contributed by atoms with Crippen LogP contribution in [0.2, 0.25) is 10.0 Å². The minimum Gasteiger partial charge on any atom is -0.505 e. The number of phenolic OH excluding ortho intramolecular Hbond substituents is 3. The van der Waals surface area contributed by atoms with Crippen LogP contribution in [0.5, 0.6) is 17.2 Å². The average Bonchev–Trinajstić information content (AvgIpc) is 3.44. The molecule has 1 aliphatic heterocycles. The number of rotatable bonds is 9. The van der Waals surface area contributed by atoms with Gasteiger partial charge in [-0.1, -0.05) is 41.4 Å². The first-order valence-electron chi connectivity index (χ1n) is 15.4. The largest absolute Gasteiger partial charge is 0.505 e. The fourth-order valence-corrected chi connectivity index (χ4v) is 6.58. The monoisotopic (exact) mass is 922 g/mol. The van der Waals surface area contributed by atoms with Gasteiger partial charge in [0.05, 0.1) is 36.2 Å². The topological polar surface area (TPSA) is 338 Å². The first-order chi connectivity index (χ1) is 27.1. The number of azo groups is 2. The Bertz CT molecular complexity index is 2870. The molecule has 302 valence electrons. The van der Waals surface area contributed by atoms with Crippen molar-refractivity contribution in [1.29, 1.82) is 0 Å². The van der Waals surface area contributed by atoms with Gasteiger partial charge in [-0.25, -0.2) is 0 Å². The second-order valence-corrected chi connectivity index (χ2v) is 15.2. The standard InChI is InChI=1S/C16H12ClN5O7S.C16H10ClN3O7S.2Na/c1-8-14(19-18-13-7-10(22(25)26)6-12(17)15(13)23)16(24)21(20-8)9-2-4-11(5-3-9)30(27,28)29;17-11-6-8(20(23)24)7-13(16(11)22)19-18-12-5-4-9-10(15(12)21)2-1-3-14(9)28(25,26)27;;/h2-7,14,23H,1H3,(H,27,28,29);1-7,21-22H,(H,25,26,27);;. The van der Waals surface area contributed by atoms with E-state index in [-0.39, 0.29) is 113 Å². The van der Waals surface area contributed by atoms with Crippen molar-refractivity contribution in [2.24, 2.45) is 25.6 Å². The van der Waals surface area contributed by atoms with E-state index in [9.17, 15) is 61.7 Å². The van der Waals surface area contributed by atoms with Crippen LogP contribution in [0, 0.1) is 20.2 Å². The SMILES string of the molecule is CC1=NN(c2ccc(S(=O)(=O)O)cc2)C(=O)C1N=Nc1cc([N+](=O)[O-])cc(Cl)c1O.O=[N+]([O-])c1cc(Cl)c(O)c(N=Nc2ccc3c(S(=O)(=O)O)cccc3c2O)c1.[Na].[Na]. The van der Waals surface area contributed by atoms with Crippen LogP contribution in [0.3, 0.4) is 0 Å². The number of hydrogen-bond donors (Lipinski definition) is 5. The molecule has 0 fully saturated rings. The Hall–Kier alpha value is -4.70. The van der Waals surface area contributed by atoms with Gasteiger partial charge in [0.2, 0.25) is 0 Å². The predicted octanol–water partition coefficient (Wildman–Crippen LogP) is 6.79. The Morgan fingerprint density at radius 3 is 1.72 bits per heavy atom. The number of fused-ring (bicyclic) bond motifs is 1. The Labute approximate surface area is 391 Å². The number of hydrogen-bond acceptors (Lipinski definition) is 17. The maximum absolute atomic E-state index is 12.6. The van der Waals surface area contributed by atoms with Crippen LogP contribution < -0.4 is 5.01 Å². The minimum atomic E-state index is -4.51. The molecule has 5 aromatic rings. The summed E-state index contributed by atoms with van der Waals surface area (Å²) in [4.78, 5) is 32.3. The van der Waals surface area contributed by atoms with Gasteiger partial charge in [-0.2, -0.15) is 37.2 Å². The molecule has 22 nitrogen and oxygen atoms in total. The predicted molar refractivity (Wildman–Crippen MR) is 216 cm³/mol. The van der Waals surface area contributed by atoms with Crippen molar-refractivity contribution in [3.63, 3.8) is 0 Å². The molecule has 0 saturated heterocycles. The summed E-state index contributed by atoms with van der Waals surface area (Å²) in [6.07, 6.45) is 0. The smallest absolute Gasteiger partial charge is 0.295 e. The number of nitro benzene ring substituents is 2. The zero-order valence-electron chi connectivity index (χ0n) is 30.6. The number of benzene rings is 5. The van der Waals surface area contributed by atoms with Gasteiger partial charge in [0, 0.05) is 94.2 Å². The molecule has 1 amide bonds. The third-order valence-corrected chi connectivity index (χ3v) is 10.1. The van der Waals surface area contributed by atoms with Gasteiger partial charge in [0.15, 0.2) is 23.3 Å². The number of phenols is 3. The normalized spacial score (nSPS) is 14.0. The van der Waals surface area contributed by atoms with E-state index in [1.807, 2.05) is 0 Å². The Morgan fingerprint density at radius 1 is 0.700 bits per heavy atom. The van der Waals surface area contributed by atoms with E-state index in [2.05, 4.69) is 25.6 Å². The summed E-state index contributed by atoms with van der Waals surface area (Å²) in [5, 5.41) is 71.5. The van der Waals surface area contributed by atoms with E-state index < -0.39 is 75.6 Å². The molecule has 2 radical (unpaired) electrons. The number of hydrazone groups is 1. The van der Waals surface area contributed by atoms with Crippen LogP contribution in [0.4, 0.5) is 34.1 Å². The average molecular weight is 924 g/mol. The molecule has 60 heavy (non-hydrogen) atoms. The number of anilines is 1. The number of amides is 1. The van der Waals surface area contributed by atoms with Crippen molar-refractivity contribution in [3.8, 4) is 17.2 Å². The van der Waals surface area contributed by atoms with Gasteiger partial charge in [0.25, 0.3) is 37.5 Å². The molecule has 1 unspecified atom stereocenters. The second kappa shape index (κ2) is 19.8. The van der Waals surface area contributed by atoms with Gasteiger partial charge in [-0.3, -0.25) is 34.1 Å². The van der Waals surface area contributed by atoms with Gasteiger partial charge in [-0.15, -0.1) is 10.2 Å². The fourth-order valence-electron chi connectivity index (χ4n) is 4.97. The van der Waals surface area contributed by atoms with Crippen LogP contribution in [0.15, 0.2) is 114 Å². The van der Waals surface area contributed by atoms with Gasteiger partial charge in [0.1, 0.15) is 22.0 Å². The van der Waals surface area contributed by atoms with Gasteiger partial charge in [-0.05, 0) is 43.3 Å². The van der Waals surface area contributed by atoms with Gasteiger partial charge < -0.3 is 15.3 Å². The second-order valence-electron chi connectivity index (χ2n) is 11.5. The Morgan fingerprint density at radius 2 is 1.22 bits per heavy atom. The molecule has 6 rings (SSSR count). The zero-order chi connectivity index (χ0) is 42.9. The third kappa shape index (κ3) is 11.2. The molecule has 0 bridgehead atoms. The molecular formula is C32H22Cl2N8Na2O14S2. The molecule has 0 aliphatic carbocycles. The van der Waals surface area contributed by atoms with Crippen molar-refractivity contribution < 1.29 is 55.9 Å². The van der Waals surface area contributed by atoms with Crippen LogP contribution >= 0.6 is 23.2 Å². The van der Waals surface area contributed by atoms with Crippen molar-refractivity contribution in [2.75, 3.05) is 5.01 Å². The summed E-state index contributed by atoms with van der Waals surface area (Å²) >= 11 is 11.5. The molecule has 0 saturated carbocycles. The van der Waals surface area contributed by atoms with Crippen LogP contribution in [0.1, 0.15) is 6.92 Å². The van der Waals surface area contributed by atoms with Crippen molar-refractivity contribution in [2.45, 2.75) is 22.8 Å². The number of aromatic hydroxyl groups is 3. The van der Waals surface area contributed by atoms with E-state index >= 15 is 0 Å². The molecule has 0 spiro atoms. The first-order valence-corrected chi connectivity index (χ1v) is 19.1. The van der Waals surface area contributed by atoms with Crippen molar-refractivity contribution in [3.05, 3.63) is 109 Å². The fraction of sp³-hybridized carbons (Fsp3) is 0.0625. The Kier molecular flexibility index (Phi) is 16.4. The molecule has 5 N–H and O–H groups in total. The molecule has 1 aliphatic rings. The van der Waals surface area contributed by atoms with Crippen LogP contribution in [-0.2, 0) is 25.0 Å². The summed E-state index contributed by atoms with van der Waals surface area (Å²) in [6, 6.07) is 13.7. The van der Waals surface area contributed by atoms with E-state index in [1.54, 1.807) is 0 Å². The molecule has 1 heterocycles. The number of carbonyl (C=O) groups excluding carboxylic acids is 1. The molecular weight excluding hydrogens is 901 g/mol. The number of carbonyl (C=O) groups is 1. The Balaban J connectivity index is 0.000000311. The molecule has 28 heteroatoms. The summed E-state index contributed by atoms with van der Waals surface area (Å²) in [7, 11) is -8.90. The quantitative estimate of drug-likeness (QED) is 0.0334. The number of nitro groups is 2. The molecule has 0 aromatic heterocycles. The van der Waals surface area contributed by atoms with E-state index in [0.717, 1.165) is 41.4 Å². The number of halogens is 2. The van der Waals surface area contributed by atoms with Crippen LogP contribution in [0.25, 0.3) is 10.8 Å². The molecule has 5 aromatic carbocycles. The zero-order valence-corrected chi connectivity index (χ0v) is 37.8. The van der Waals surface area contributed by atoms with E-state index in [4.69, 9.17) is 27.8 Å². The van der Waals surface area contributed by atoms with Crippen molar-refractivity contribution in [1.82, 2.24) is 0 Å². The van der Waals surface area contributed by atoms with Gasteiger partial charge >= 0.3 is 0 Å². The maximum atomic E-state index is 12.6. The third-order valence-electron chi connectivity index (χ3n) is 7.75. The summed E-state index contributed by atoms with van der Waals surface area (Å²) < 4.78 is 63.4.